The van der Waals surface area contributed by atoms with Gasteiger partial charge in [0.15, 0.2) is 0 Å². The van der Waals surface area contributed by atoms with Gasteiger partial charge in [0.2, 0.25) is 0 Å². The summed E-state index contributed by atoms with van der Waals surface area (Å²) in [5.41, 5.74) is 5.30. The first kappa shape index (κ1) is 14.6. The average Bonchev–Trinajstić information content (AvgIpc) is 2.74. The molecule has 1 nitrogen and oxygen atoms in total. The summed E-state index contributed by atoms with van der Waals surface area (Å²) in [4.78, 5) is 1.53. The fourth-order valence-corrected chi connectivity index (χ4v) is 5.55. The summed E-state index contributed by atoms with van der Waals surface area (Å²) < 4.78 is 2.41. The molecule has 106 valence electrons. The summed E-state index contributed by atoms with van der Waals surface area (Å²) in [5.74, 6) is 0. The van der Waals surface area contributed by atoms with Crippen LogP contribution in [0.25, 0.3) is 0 Å². The van der Waals surface area contributed by atoms with Gasteiger partial charge in [-0.3, -0.25) is 0 Å². The molecule has 1 aliphatic carbocycles. The third-order valence-electron chi connectivity index (χ3n) is 3.83. The van der Waals surface area contributed by atoms with Crippen LogP contribution in [0.15, 0.2) is 26.5 Å². The zero-order valence-corrected chi connectivity index (χ0v) is 15.6. The lowest BCUT2D eigenvalue weighted by Crippen LogP contribution is -2.16. The molecule has 1 unspecified atom stereocenters. The van der Waals surface area contributed by atoms with Crippen molar-refractivity contribution in [3.63, 3.8) is 0 Å². The molecular weight excluding hydrogens is 398 g/mol. The highest BCUT2D eigenvalue weighted by Crippen LogP contribution is 2.41. The van der Waals surface area contributed by atoms with E-state index in [-0.39, 0.29) is 0 Å². The van der Waals surface area contributed by atoms with E-state index in [0.29, 0.717) is 6.04 Å². The van der Waals surface area contributed by atoms with E-state index in [4.69, 9.17) is 0 Å². The van der Waals surface area contributed by atoms with Crippen molar-refractivity contribution < 1.29 is 0 Å². The maximum atomic E-state index is 3.75. The van der Waals surface area contributed by atoms with Gasteiger partial charge in [-0.25, -0.2) is 0 Å². The Hall–Kier alpha value is -0.320. The van der Waals surface area contributed by atoms with E-state index in [2.05, 4.69) is 69.2 Å². The van der Waals surface area contributed by atoms with Gasteiger partial charge in [-0.15, -0.1) is 11.3 Å². The van der Waals surface area contributed by atoms with Crippen LogP contribution in [-0.2, 0) is 6.42 Å². The Balaban J connectivity index is 1.93. The van der Waals surface area contributed by atoms with E-state index in [0.717, 1.165) is 4.47 Å². The van der Waals surface area contributed by atoms with Gasteiger partial charge in [-0.05, 0) is 93.8 Å². The molecule has 20 heavy (non-hydrogen) atoms. The Morgan fingerprint density at radius 2 is 2.00 bits per heavy atom. The Kier molecular flexibility index (Phi) is 4.25. The van der Waals surface area contributed by atoms with Crippen LogP contribution in [-0.4, -0.2) is 0 Å². The molecule has 1 N–H and O–H groups in total. The summed E-state index contributed by atoms with van der Waals surface area (Å²) in [6.45, 7) is 4.31. The number of fused-ring (bicyclic) bond motifs is 1. The number of halogens is 2. The SMILES string of the molecule is Cc1cc(C)c(NC2CCCc3sc(Br)cc32)c(Br)c1. The van der Waals surface area contributed by atoms with E-state index in [9.17, 15) is 0 Å². The van der Waals surface area contributed by atoms with Crippen molar-refractivity contribution in [2.45, 2.75) is 39.2 Å². The highest BCUT2D eigenvalue weighted by Gasteiger charge is 2.23. The Bertz CT molecular complexity index is 625. The minimum Gasteiger partial charge on any atom is -0.377 e. The van der Waals surface area contributed by atoms with E-state index < -0.39 is 0 Å². The van der Waals surface area contributed by atoms with Crippen LogP contribution < -0.4 is 5.32 Å². The molecule has 1 heterocycles. The molecule has 0 amide bonds. The van der Waals surface area contributed by atoms with E-state index in [1.807, 2.05) is 11.3 Å². The monoisotopic (exact) mass is 413 g/mol. The molecule has 0 saturated carbocycles. The molecule has 0 fully saturated rings. The van der Waals surface area contributed by atoms with Gasteiger partial charge < -0.3 is 5.32 Å². The minimum absolute atomic E-state index is 0.430. The van der Waals surface area contributed by atoms with Crippen molar-refractivity contribution in [3.8, 4) is 0 Å². The molecule has 0 aliphatic heterocycles. The van der Waals surface area contributed by atoms with Crippen molar-refractivity contribution in [3.05, 3.63) is 48.0 Å². The number of nitrogens with one attached hydrogen (secondary N) is 1. The van der Waals surface area contributed by atoms with Gasteiger partial charge in [0, 0.05) is 9.35 Å². The van der Waals surface area contributed by atoms with E-state index >= 15 is 0 Å². The normalized spacial score (nSPS) is 17.9. The Morgan fingerprint density at radius 1 is 1.20 bits per heavy atom. The molecule has 2 aromatic rings. The third kappa shape index (κ3) is 2.83. The largest absolute Gasteiger partial charge is 0.377 e. The van der Waals surface area contributed by atoms with Crippen molar-refractivity contribution in [1.82, 2.24) is 0 Å². The van der Waals surface area contributed by atoms with Gasteiger partial charge in [0.05, 0.1) is 15.5 Å². The highest BCUT2D eigenvalue weighted by molar-refractivity contribution is 9.11. The zero-order valence-electron chi connectivity index (χ0n) is 11.6. The number of hydrogen-bond donors (Lipinski definition) is 1. The number of aryl methyl sites for hydroxylation is 3. The van der Waals surface area contributed by atoms with E-state index in [1.54, 1.807) is 0 Å². The zero-order chi connectivity index (χ0) is 14.3. The van der Waals surface area contributed by atoms with Crippen molar-refractivity contribution in [2.24, 2.45) is 0 Å². The van der Waals surface area contributed by atoms with Gasteiger partial charge in [0.25, 0.3) is 0 Å². The van der Waals surface area contributed by atoms with Crippen LogP contribution in [0.2, 0.25) is 0 Å². The minimum atomic E-state index is 0.430. The third-order valence-corrected chi connectivity index (χ3v) is 6.17. The van der Waals surface area contributed by atoms with Crippen molar-refractivity contribution >= 4 is 48.9 Å². The molecule has 0 spiro atoms. The fourth-order valence-electron chi connectivity index (χ4n) is 2.94. The summed E-state index contributed by atoms with van der Waals surface area (Å²) >= 11 is 9.21. The molecule has 0 saturated heterocycles. The topological polar surface area (TPSA) is 12.0 Å². The molecule has 1 aromatic carbocycles. The van der Waals surface area contributed by atoms with Gasteiger partial charge >= 0.3 is 0 Å². The lowest BCUT2D eigenvalue weighted by atomic mass is 9.93. The smallest absolute Gasteiger partial charge is 0.0705 e. The van der Waals surface area contributed by atoms with Crippen molar-refractivity contribution in [2.75, 3.05) is 5.32 Å². The van der Waals surface area contributed by atoms with Crippen LogP contribution in [0.3, 0.4) is 0 Å². The van der Waals surface area contributed by atoms with Crippen molar-refractivity contribution in [1.29, 1.82) is 0 Å². The number of anilines is 1. The maximum absolute atomic E-state index is 3.75. The predicted molar refractivity (Wildman–Crippen MR) is 94.9 cm³/mol. The van der Waals surface area contributed by atoms with Gasteiger partial charge in [-0.1, -0.05) is 6.07 Å². The van der Waals surface area contributed by atoms with Crippen LogP contribution in [0.4, 0.5) is 5.69 Å². The average molecular weight is 415 g/mol. The lowest BCUT2D eigenvalue weighted by Gasteiger charge is -2.26. The van der Waals surface area contributed by atoms with Crippen LogP contribution >= 0.6 is 43.2 Å². The Morgan fingerprint density at radius 3 is 2.75 bits per heavy atom. The summed E-state index contributed by atoms with van der Waals surface area (Å²) in [6.07, 6.45) is 3.69. The second-order valence-corrected chi connectivity index (χ2v) is 8.83. The lowest BCUT2D eigenvalue weighted by molar-refractivity contribution is 0.608. The molecule has 1 aliphatic rings. The standard InChI is InChI=1S/C16H17Br2NS/c1-9-6-10(2)16(12(17)7-9)19-13-4-3-5-14-11(13)8-15(18)20-14/h6-8,13,19H,3-5H2,1-2H3. The number of thiophene rings is 1. The number of rotatable bonds is 2. The van der Waals surface area contributed by atoms with Crippen LogP contribution in [0.1, 0.15) is 40.5 Å². The molecule has 4 heteroatoms. The summed E-state index contributed by atoms with van der Waals surface area (Å²) in [6, 6.07) is 7.14. The van der Waals surface area contributed by atoms with Gasteiger partial charge in [-0.2, -0.15) is 0 Å². The summed E-state index contributed by atoms with van der Waals surface area (Å²) in [5, 5.41) is 3.75. The van der Waals surface area contributed by atoms with Gasteiger partial charge in [0.1, 0.15) is 0 Å². The first-order chi connectivity index (χ1) is 9.54. The molecule has 1 aromatic heterocycles. The fraction of sp³-hybridized carbons (Fsp3) is 0.375. The quantitative estimate of drug-likeness (QED) is 0.600. The molecule has 1 atom stereocenters. The van der Waals surface area contributed by atoms with E-state index in [1.165, 1.54) is 50.3 Å². The molecule has 3 rings (SSSR count). The molecule has 0 bridgehead atoms. The predicted octanol–water partition coefficient (Wildman–Crippen LogP) is 6.38. The first-order valence-electron chi connectivity index (χ1n) is 6.86. The highest BCUT2D eigenvalue weighted by atomic mass is 79.9. The molecular formula is C16H17Br2NS. The maximum Gasteiger partial charge on any atom is 0.0705 e. The number of benzene rings is 1. The first-order valence-corrected chi connectivity index (χ1v) is 9.26. The van der Waals surface area contributed by atoms with Crippen LogP contribution in [0, 0.1) is 13.8 Å². The van der Waals surface area contributed by atoms with Crippen LogP contribution in [0.5, 0.6) is 0 Å². The Labute approximate surface area is 141 Å². The summed E-state index contributed by atoms with van der Waals surface area (Å²) in [7, 11) is 0. The number of hydrogen-bond acceptors (Lipinski definition) is 2. The second-order valence-electron chi connectivity index (χ2n) is 5.46. The molecule has 0 radical (unpaired) electrons. The second kappa shape index (κ2) is 5.82.